The van der Waals surface area contributed by atoms with E-state index in [1.165, 1.54) is 6.92 Å². The van der Waals surface area contributed by atoms with E-state index in [-0.39, 0.29) is 15.8 Å². The summed E-state index contributed by atoms with van der Waals surface area (Å²) in [4.78, 5) is 6.70. The molecule has 84 valence electrons. The fraction of sp³-hybridized carbons (Fsp3) is 0.333. The topological polar surface area (TPSA) is 97.2 Å². The van der Waals surface area contributed by atoms with Gasteiger partial charge in [-0.2, -0.15) is 0 Å². The summed E-state index contributed by atoms with van der Waals surface area (Å²) in [5.41, 5.74) is 0. The van der Waals surface area contributed by atoms with Gasteiger partial charge in [0.1, 0.15) is 4.90 Å². The first-order valence-electron chi connectivity index (χ1n) is 3.74. The van der Waals surface area contributed by atoms with Crippen molar-refractivity contribution in [2.45, 2.75) is 17.0 Å². The molecule has 0 radical (unpaired) electrons. The van der Waals surface area contributed by atoms with Gasteiger partial charge in [0.05, 0.1) is 11.9 Å². The lowest BCUT2D eigenvalue weighted by Crippen LogP contribution is -2.10. The molecule has 1 heterocycles. The summed E-state index contributed by atoms with van der Waals surface area (Å²) in [5.74, 6) is -0.162. The fourth-order valence-corrected chi connectivity index (χ4v) is 2.14. The van der Waals surface area contributed by atoms with Gasteiger partial charge in [-0.1, -0.05) is 18.5 Å². The second kappa shape index (κ2) is 4.52. The highest BCUT2D eigenvalue weighted by atomic mass is 35.5. The maximum Gasteiger partial charge on any atom is 0.248 e. The molecule has 0 aromatic carbocycles. The van der Waals surface area contributed by atoms with Gasteiger partial charge in [-0.15, -0.1) is 0 Å². The Morgan fingerprint density at radius 1 is 1.60 bits per heavy atom. The number of hydrogen-bond acceptors (Lipinski definition) is 5. The molecular formula is C6H7ClN2O4S2. The van der Waals surface area contributed by atoms with Crippen LogP contribution in [-0.4, -0.2) is 32.9 Å². The van der Waals surface area contributed by atoms with E-state index in [4.69, 9.17) is 16.2 Å². The number of halogens is 1. The maximum absolute atomic E-state index is 11.3. The van der Waals surface area contributed by atoms with Crippen LogP contribution in [0.2, 0.25) is 5.15 Å². The molecule has 15 heavy (non-hydrogen) atoms. The molecule has 1 aromatic rings. The quantitative estimate of drug-likeness (QED) is 0.488. The second-order valence-corrected chi connectivity index (χ2v) is 5.93. The Balaban J connectivity index is 3.30. The van der Waals surface area contributed by atoms with Crippen molar-refractivity contribution in [1.29, 1.82) is 0 Å². The second-order valence-electron chi connectivity index (χ2n) is 2.46. The molecule has 0 fully saturated rings. The van der Waals surface area contributed by atoms with Gasteiger partial charge in [0.25, 0.3) is 0 Å². The first-order valence-corrected chi connectivity index (χ1v) is 6.88. The monoisotopic (exact) mass is 270 g/mol. The summed E-state index contributed by atoms with van der Waals surface area (Å²) in [5, 5.41) is -0.776. The minimum Gasteiger partial charge on any atom is -0.302 e. The number of aromatic nitrogens is 2. The molecule has 0 aliphatic carbocycles. The van der Waals surface area contributed by atoms with Crippen molar-refractivity contribution < 1.29 is 17.2 Å². The van der Waals surface area contributed by atoms with E-state index in [2.05, 4.69) is 9.97 Å². The van der Waals surface area contributed by atoms with Gasteiger partial charge in [0.2, 0.25) is 15.0 Å². The number of rotatable bonds is 3. The minimum atomic E-state index is -3.55. The standard InChI is InChI=1S/C6H7ClN2O4S2/c1-2-15(12,13)6-8-3-4(14(10)11)5(7)9-6/h3H,2H2,1H3,(H,10,11). The molecule has 0 aliphatic heterocycles. The molecule has 9 heteroatoms. The zero-order valence-electron chi connectivity index (χ0n) is 7.55. The fourth-order valence-electron chi connectivity index (χ4n) is 0.731. The van der Waals surface area contributed by atoms with Gasteiger partial charge in [-0.05, 0) is 0 Å². The molecule has 0 aliphatic rings. The van der Waals surface area contributed by atoms with Gasteiger partial charge in [-0.3, -0.25) is 0 Å². The number of sulfone groups is 1. The molecule has 0 spiro atoms. The third kappa shape index (κ3) is 2.71. The summed E-state index contributed by atoms with van der Waals surface area (Å²) in [7, 11) is -3.55. The van der Waals surface area contributed by atoms with E-state index in [1.54, 1.807) is 0 Å². The zero-order valence-corrected chi connectivity index (χ0v) is 9.93. The van der Waals surface area contributed by atoms with Gasteiger partial charge >= 0.3 is 0 Å². The number of nitrogens with zero attached hydrogens (tertiary/aromatic N) is 2. The van der Waals surface area contributed by atoms with Crippen LogP contribution in [0.15, 0.2) is 16.2 Å². The third-order valence-electron chi connectivity index (χ3n) is 1.54. The van der Waals surface area contributed by atoms with Crippen LogP contribution < -0.4 is 0 Å². The van der Waals surface area contributed by atoms with Gasteiger partial charge in [0, 0.05) is 0 Å². The predicted octanol–water partition coefficient (Wildman–Crippen LogP) is 0.504. The van der Waals surface area contributed by atoms with E-state index in [1.807, 2.05) is 0 Å². The van der Waals surface area contributed by atoms with Crippen LogP contribution >= 0.6 is 11.6 Å². The first kappa shape index (κ1) is 12.5. The van der Waals surface area contributed by atoms with Crippen molar-refractivity contribution in [3.05, 3.63) is 11.3 Å². The molecule has 1 atom stereocenters. The molecule has 6 nitrogen and oxygen atoms in total. The van der Waals surface area contributed by atoms with Crippen LogP contribution in [0, 0.1) is 0 Å². The molecule has 0 amide bonds. The Labute approximate surface area is 93.9 Å². The van der Waals surface area contributed by atoms with Crippen molar-refractivity contribution >= 4 is 32.5 Å². The van der Waals surface area contributed by atoms with Gasteiger partial charge in [-0.25, -0.2) is 22.6 Å². The Morgan fingerprint density at radius 2 is 2.20 bits per heavy atom. The first-order chi connectivity index (χ1) is 6.88. The lowest BCUT2D eigenvalue weighted by Gasteiger charge is -2.01. The van der Waals surface area contributed by atoms with Crippen LogP contribution in [0.4, 0.5) is 0 Å². The smallest absolute Gasteiger partial charge is 0.248 e. The summed E-state index contributed by atoms with van der Waals surface area (Å²) in [6.45, 7) is 1.44. The SMILES string of the molecule is CCS(=O)(=O)c1ncc(S(=O)O)c(Cl)n1. The molecule has 1 N–H and O–H groups in total. The van der Waals surface area contributed by atoms with E-state index >= 15 is 0 Å². The Hall–Kier alpha value is -0.570. The maximum atomic E-state index is 11.3. The molecule has 1 aromatic heterocycles. The Kier molecular flexibility index (Phi) is 3.77. The van der Waals surface area contributed by atoms with Crippen molar-refractivity contribution in [2.24, 2.45) is 0 Å². The lowest BCUT2D eigenvalue weighted by molar-refractivity contribution is 0.561. The van der Waals surface area contributed by atoms with Crippen molar-refractivity contribution in [1.82, 2.24) is 9.97 Å². The summed E-state index contributed by atoms with van der Waals surface area (Å²) in [6.07, 6.45) is 0.925. The molecule has 1 unspecified atom stereocenters. The predicted molar refractivity (Wildman–Crippen MR) is 53.8 cm³/mol. The van der Waals surface area contributed by atoms with E-state index < -0.39 is 26.1 Å². The average Bonchev–Trinajstić information content (AvgIpc) is 2.17. The van der Waals surface area contributed by atoms with Crippen molar-refractivity contribution in [2.75, 3.05) is 5.75 Å². The van der Waals surface area contributed by atoms with Crippen LogP contribution in [0.25, 0.3) is 0 Å². The lowest BCUT2D eigenvalue weighted by atomic mass is 10.7. The van der Waals surface area contributed by atoms with E-state index in [9.17, 15) is 12.6 Å². The molecule has 0 saturated carbocycles. The zero-order chi connectivity index (χ0) is 11.6. The van der Waals surface area contributed by atoms with Crippen LogP contribution in [-0.2, 0) is 20.9 Å². The third-order valence-corrected chi connectivity index (χ3v) is 4.12. The van der Waals surface area contributed by atoms with E-state index in [0.717, 1.165) is 6.20 Å². The highest BCUT2D eigenvalue weighted by Crippen LogP contribution is 2.17. The normalized spacial score (nSPS) is 13.8. The summed E-state index contributed by atoms with van der Waals surface area (Å²) in [6, 6.07) is 0. The molecule has 0 saturated heterocycles. The van der Waals surface area contributed by atoms with Crippen LogP contribution in [0.1, 0.15) is 6.92 Å². The highest BCUT2D eigenvalue weighted by molar-refractivity contribution is 7.91. The van der Waals surface area contributed by atoms with Crippen molar-refractivity contribution in [3.63, 3.8) is 0 Å². The largest absolute Gasteiger partial charge is 0.302 e. The van der Waals surface area contributed by atoms with E-state index in [0.29, 0.717) is 0 Å². The van der Waals surface area contributed by atoms with Crippen molar-refractivity contribution in [3.8, 4) is 0 Å². The van der Waals surface area contributed by atoms with Crippen LogP contribution in [0.3, 0.4) is 0 Å². The number of hydrogen-bond donors (Lipinski definition) is 1. The molecule has 0 bridgehead atoms. The van der Waals surface area contributed by atoms with Crippen LogP contribution in [0.5, 0.6) is 0 Å². The highest BCUT2D eigenvalue weighted by Gasteiger charge is 2.18. The summed E-state index contributed by atoms with van der Waals surface area (Å²) >= 11 is 3.19. The Morgan fingerprint density at radius 3 is 2.60 bits per heavy atom. The minimum absolute atomic E-state index is 0.162. The summed E-state index contributed by atoms with van der Waals surface area (Å²) < 4.78 is 42.0. The average molecular weight is 271 g/mol. The van der Waals surface area contributed by atoms with Gasteiger partial charge < -0.3 is 4.55 Å². The van der Waals surface area contributed by atoms with Gasteiger partial charge in [0.15, 0.2) is 16.2 Å². The Bertz CT molecular complexity index is 502. The molecular weight excluding hydrogens is 264 g/mol. The molecule has 1 rings (SSSR count).